The molecule has 3 unspecified atom stereocenters. The molecule has 94 heavy (non-hydrogen) atoms. The highest BCUT2D eigenvalue weighted by molar-refractivity contribution is 7.47. The number of aliphatic hydroxyl groups is 1. The highest BCUT2D eigenvalue weighted by Crippen LogP contribution is 2.45. The maximum atomic E-state index is 13.1. The minimum Gasteiger partial charge on any atom is -0.462 e. The fraction of sp³-hybridized carbons (Fsp3) is 0.947. The van der Waals surface area contributed by atoms with Crippen molar-refractivity contribution in [2.45, 2.75) is 401 Å². The van der Waals surface area contributed by atoms with Gasteiger partial charge in [0.15, 0.2) is 12.2 Å². The molecule has 0 radical (unpaired) electrons. The van der Waals surface area contributed by atoms with Crippen LogP contribution in [0.2, 0.25) is 0 Å². The van der Waals surface area contributed by atoms with Crippen molar-refractivity contribution >= 4 is 39.5 Å². The lowest BCUT2D eigenvalue weighted by Gasteiger charge is -2.21. The van der Waals surface area contributed by atoms with Crippen molar-refractivity contribution in [1.29, 1.82) is 0 Å². The van der Waals surface area contributed by atoms with E-state index in [0.717, 1.165) is 114 Å². The van der Waals surface area contributed by atoms with E-state index in [-0.39, 0.29) is 25.7 Å². The predicted molar refractivity (Wildman–Crippen MR) is 381 cm³/mol. The summed E-state index contributed by atoms with van der Waals surface area (Å²) < 4.78 is 68.2. The zero-order chi connectivity index (χ0) is 69.4. The number of ether oxygens (including phenoxy) is 4. The van der Waals surface area contributed by atoms with Crippen LogP contribution in [0.1, 0.15) is 382 Å². The number of phosphoric acid groups is 2. The van der Waals surface area contributed by atoms with Crippen LogP contribution in [0.15, 0.2) is 0 Å². The summed E-state index contributed by atoms with van der Waals surface area (Å²) in [6.45, 7) is 11.9. The van der Waals surface area contributed by atoms with Crippen LogP contribution in [0, 0.1) is 17.8 Å². The fourth-order valence-corrected chi connectivity index (χ4v) is 13.0. The average Bonchev–Trinajstić information content (AvgIpc) is 1.61. The number of esters is 4. The first-order valence-corrected chi connectivity index (χ1v) is 41.9. The van der Waals surface area contributed by atoms with Crippen molar-refractivity contribution in [3.8, 4) is 0 Å². The van der Waals surface area contributed by atoms with Crippen LogP contribution in [0.4, 0.5) is 0 Å². The third kappa shape index (κ3) is 67.3. The van der Waals surface area contributed by atoms with Gasteiger partial charge in [0, 0.05) is 25.7 Å². The van der Waals surface area contributed by atoms with Gasteiger partial charge in [-0.05, 0) is 43.4 Å². The predicted octanol–water partition coefficient (Wildman–Crippen LogP) is 21.8. The van der Waals surface area contributed by atoms with Gasteiger partial charge in [0.2, 0.25) is 0 Å². The molecule has 0 saturated carbocycles. The van der Waals surface area contributed by atoms with E-state index in [9.17, 15) is 43.2 Å². The molecule has 0 spiro atoms. The lowest BCUT2D eigenvalue weighted by Crippen LogP contribution is -2.30. The molecule has 0 amide bonds. The van der Waals surface area contributed by atoms with Gasteiger partial charge >= 0.3 is 39.5 Å². The lowest BCUT2D eigenvalue weighted by atomic mass is 9.99. The van der Waals surface area contributed by atoms with Crippen LogP contribution in [0.3, 0.4) is 0 Å². The summed E-state index contributed by atoms with van der Waals surface area (Å²) in [5.41, 5.74) is 0. The minimum absolute atomic E-state index is 0.104. The first kappa shape index (κ1) is 92.1. The number of hydrogen-bond acceptors (Lipinski definition) is 15. The molecule has 0 aliphatic carbocycles. The van der Waals surface area contributed by atoms with Gasteiger partial charge in [-0.3, -0.25) is 37.3 Å². The number of carbonyl (C=O) groups is 4. The molecule has 558 valence electrons. The molecular weight excluding hydrogens is 1230 g/mol. The average molecular weight is 1380 g/mol. The topological polar surface area (TPSA) is 237 Å². The van der Waals surface area contributed by atoms with Crippen molar-refractivity contribution in [3.63, 3.8) is 0 Å². The first-order valence-electron chi connectivity index (χ1n) is 38.9. The van der Waals surface area contributed by atoms with Crippen molar-refractivity contribution in [3.05, 3.63) is 0 Å². The Morgan fingerprint density at radius 2 is 0.543 bits per heavy atom. The number of hydrogen-bond donors (Lipinski definition) is 3. The standard InChI is InChI=1S/C75H146O17P2/c1-8-10-11-39-49-56-72(77)85-62-70(91-75(80)59-52-45-38-32-26-28-34-41-47-54-67(5)6)64-89-93(81,82)87-60-69(76)61-88-94(83,84)90-65-71(63-86-73(78)57-50-43-36-30-24-21-20-22-27-33-40-46-53-66(3)4)92-74(79)58-51-44-37-31-25-19-17-15-13-12-14-16-18-23-29-35-42-48-55-68(7)9-2/h66-71,76H,8-65H2,1-7H3,(H,81,82)(H,83,84)/t68?,69-,70+,71+/m0/s1. The quantitative estimate of drug-likeness (QED) is 0.0222. The second-order valence-electron chi connectivity index (χ2n) is 28.2. The van der Waals surface area contributed by atoms with Crippen LogP contribution in [-0.4, -0.2) is 96.7 Å². The van der Waals surface area contributed by atoms with Gasteiger partial charge in [-0.1, -0.05) is 331 Å². The Morgan fingerprint density at radius 3 is 0.809 bits per heavy atom. The van der Waals surface area contributed by atoms with Crippen LogP contribution in [0.5, 0.6) is 0 Å². The van der Waals surface area contributed by atoms with E-state index >= 15 is 0 Å². The Kier molecular flexibility index (Phi) is 64.3. The van der Waals surface area contributed by atoms with E-state index < -0.39 is 97.5 Å². The summed E-state index contributed by atoms with van der Waals surface area (Å²) in [5, 5.41) is 10.6. The summed E-state index contributed by atoms with van der Waals surface area (Å²) >= 11 is 0. The van der Waals surface area contributed by atoms with Crippen molar-refractivity contribution in [2.24, 2.45) is 17.8 Å². The molecule has 0 aliphatic rings. The third-order valence-corrected chi connectivity index (χ3v) is 19.6. The zero-order valence-corrected chi connectivity index (χ0v) is 63.2. The number of aliphatic hydroxyl groups excluding tert-OH is 1. The highest BCUT2D eigenvalue weighted by atomic mass is 31.2. The smallest absolute Gasteiger partial charge is 0.462 e. The monoisotopic (exact) mass is 1380 g/mol. The van der Waals surface area contributed by atoms with E-state index in [4.69, 9.17) is 37.0 Å². The summed E-state index contributed by atoms with van der Waals surface area (Å²) in [6.07, 6.45) is 51.8. The molecule has 0 aromatic heterocycles. The molecule has 6 atom stereocenters. The van der Waals surface area contributed by atoms with Gasteiger partial charge in [-0.25, -0.2) is 9.13 Å². The van der Waals surface area contributed by atoms with E-state index in [1.54, 1.807) is 0 Å². The second-order valence-corrected chi connectivity index (χ2v) is 31.1. The van der Waals surface area contributed by atoms with Gasteiger partial charge in [0.25, 0.3) is 0 Å². The molecule has 0 rings (SSSR count). The molecule has 0 aromatic carbocycles. The number of unbranched alkanes of at least 4 members (excludes halogenated alkanes) is 40. The maximum absolute atomic E-state index is 13.1. The van der Waals surface area contributed by atoms with Crippen LogP contribution in [-0.2, 0) is 65.4 Å². The molecular formula is C75H146O17P2. The lowest BCUT2D eigenvalue weighted by molar-refractivity contribution is -0.161. The first-order chi connectivity index (χ1) is 45.3. The van der Waals surface area contributed by atoms with E-state index in [1.165, 1.54) is 186 Å². The van der Waals surface area contributed by atoms with Crippen LogP contribution < -0.4 is 0 Å². The molecule has 0 heterocycles. The Bertz CT molecular complexity index is 1840. The molecule has 0 aromatic rings. The summed E-state index contributed by atoms with van der Waals surface area (Å²) in [6, 6.07) is 0. The normalized spacial score (nSPS) is 14.4. The summed E-state index contributed by atoms with van der Waals surface area (Å²) in [5.74, 6) is 0.258. The number of rotatable bonds is 73. The zero-order valence-electron chi connectivity index (χ0n) is 61.4. The van der Waals surface area contributed by atoms with Gasteiger partial charge in [0.1, 0.15) is 19.3 Å². The van der Waals surface area contributed by atoms with Gasteiger partial charge in [-0.2, -0.15) is 0 Å². The molecule has 0 aliphatic heterocycles. The number of phosphoric ester groups is 2. The SMILES string of the molecule is CCCCCCCC(=O)OC[C@H](COP(=O)(O)OC[C@H](O)COP(=O)(O)OC[C@@H](COC(=O)CCCCCCCCCCCCCCC(C)C)OC(=O)CCCCCCCCCCCCCCCCCCCCC(C)CC)OC(=O)CCCCCCCCCCCC(C)C. The van der Waals surface area contributed by atoms with E-state index in [0.29, 0.717) is 25.7 Å². The maximum Gasteiger partial charge on any atom is 0.472 e. The molecule has 0 fully saturated rings. The molecule has 0 saturated heterocycles. The fourth-order valence-electron chi connectivity index (χ4n) is 11.4. The second kappa shape index (κ2) is 65.7. The van der Waals surface area contributed by atoms with Gasteiger partial charge < -0.3 is 33.8 Å². The largest absolute Gasteiger partial charge is 0.472 e. The van der Waals surface area contributed by atoms with Gasteiger partial charge in [0.05, 0.1) is 26.4 Å². The van der Waals surface area contributed by atoms with Crippen molar-refractivity contribution in [2.75, 3.05) is 39.6 Å². The Labute approximate surface area is 575 Å². The summed E-state index contributed by atoms with van der Waals surface area (Å²) in [4.78, 5) is 72.4. The van der Waals surface area contributed by atoms with Crippen molar-refractivity contribution < 1.29 is 80.2 Å². The minimum atomic E-state index is -4.95. The third-order valence-electron chi connectivity index (χ3n) is 17.7. The van der Waals surface area contributed by atoms with E-state index in [2.05, 4.69) is 48.5 Å². The molecule has 0 bridgehead atoms. The highest BCUT2D eigenvalue weighted by Gasteiger charge is 2.30. The van der Waals surface area contributed by atoms with Crippen molar-refractivity contribution in [1.82, 2.24) is 0 Å². The number of carbonyl (C=O) groups excluding carboxylic acids is 4. The van der Waals surface area contributed by atoms with Crippen LogP contribution in [0.25, 0.3) is 0 Å². The Morgan fingerprint density at radius 1 is 0.309 bits per heavy atom. The molecule has 3 N–H and O–H groups in total. The Balaban J connectivity index is 5.12. The Hall–Kier alpha value is -1.94. The molecule has 19 heteroatoms. The van der Waals surface area contributed by atoms with E-state index in [1.807, 2.05) is 0 Å². The van der Waals surface area contributed by atoms with Crippen LogP contribution >= 0.6 is 15.6 Å². The van der Waals surface area contributed by atoms with Gasteiger partial charge in [-0.15, -0.1) is 0 Å². The summed E-state index contributed by atoms with van der Waals surface area (Å²) in [7, 11) is -9.90. The molecule has 17 nitrogen and oxygen atoms in total.